The van der Waals surface area contributed by atoms with Gasteiger partial charge in [-0.05, 0) is 44.4 Å². The molecule has 98 valence electrons. The molecule has 1 aromatic rings. The number of aliphatic carboxylic acids is 1. The molecular formula is C14H18O4. The number of hydrogen-bond donors (Lipinski definition) is 1. The van der Waals surface area contributed by atoms with E-state index in [0.29, 0.717) is 11.3 Å². The number of hydrogen-bond acceptors (Lipinski definition) is 3. The van der Waals surface area contributed by atoms with Crippen LogP contribution in [0.25, 0.3) is 0 Å². The second kappa shape index (κ2) is 5.21. The van der Waals surface area contributed by atoms with Crippen molar-refractivity contribution in [1.29, 1.82) is 0 Å². The minimum Gasteiger partial charge on any atom is -0.496 e. The topological polar surface area (TPSA) is 63.6 Å². The lowest BCUT2D eigenvalue weighted by Gasteiger charge is -2.17. The molecule has 1 unspecified atom stereocenters. The van der Waals surface area contributed by atoms with Crippen LogP contribution in [-0.2, 0) is 4.79 Å². The molecule has 0 aliphatic carbocycles. The van der Waals surface area contributed by atoms with Crippen molar-refractivity contribution in [3.05, 3.63) is 28.3 Å². The van der Waals surface area contributed by atoms with E-state index in [0.717, 1.165) is 16.7 Å². The number of carboxylic acid groups (broad SMARTS) is 1. The van der Waals surface area contributed by atoms with Crippen LogP contribution in [0.1, 0.15) is 34.0 Å². The number of aryl methyl sites for hydroxylation is 2. The highest BCUT2D eigenvalue weighted by molar-refractivity contribution is 6.10. The predicted molar refractivity (Wildman–Crippen MR) is 68.3 cm³/mol. The first-order valence-corrected chi connectivity index (χ1v) is 5.73. The minimum atomic E-state index is -1.13. The summed E-state index contributed by atoms with van der Waals surface area (Å²) in [5.41, 5.74) is 3.00. The summed E-state index contributed by atoms with van der Waals surface area (Å²) in [4.78, 5) is 23.1. The fraction of sp³-hybridized carbons (Fsp3) is 0.429. The maximum atomic E-state index is 12.2. The Morgan fingerprint density at radius 2 is 1.78 bits per heavy atom. The first-order chi connectivity index (χ1) is 8.31. The molecule has 0 saturated carbocycles. The fourth-order valence-corrected chi connectivity index (χ4v) is 1.94. The number of Topliss-reactive ketones (excluding diaryl/α,β-unsaturated/α-hetero) is 1. The van der Waals surface area contributed by atoms with E-state index in [9.17, 15) is 9.59 Å². The average molecular weight is 250 g/mol. The number of methoxy groups -OCH3 is 1. The molecule has 0 aliphatic heterocycles. The van der Waals surface area contributed by atoms with Gasteiger partial charge in [-0.3, -0.25) is 9.59 Å². The van der Waals surface area contributed by atoms with E-state index < -0.39 is 17.7 Å². The van der Waals surface area contributed by atoms with Crippen LogP contribution in [-0.4, -0.2) is 24.0 Å². The molecule has 0 heterocycles. The normalized spacial score (nSPS) is 12.1. The zero-order valence-corrected chi connectivity index (χ0v) is 11.3. The number of ketones is 1. The Labute approximate surface area is 107 Å². The maximum absolute atomic E-state index is 12.2. The lowest BCUT2D eigenvalue weighted by molar-refractivity contribution is -0.139. The van der Waals surface area contributed by atoms with Gasteiger partial charge in [-0.15, -0.1) is 0 Å². The summed E-state index contributed by atoms with van der Waals surface area (Å²) in [5, 5.41) is 8.93. The first-order valence-electron chi connectivity index (χ1n) is 5.73. The third-order valence-corrected chi connectivity index (χ3v) is 3.20. The van der Waals surface area contributed by atoms with Crippen molar-refractivity contribution in [2.45, 2.75) is 27.7 Å². The Bertz CT molecular complexity index is 503. The second-order valence-corrected chi connectivity index (χ2v) is 4.47. The molecule has 1 atom stereocenters. The van der Waals surface area contributed by atoms with Crippen LogP contribution in [0.3, 0.4) is 0 Å². The molecule has 4 heteroatoms. The van der Waals surface area contributed by atoms with Gasteiger partial charge in [-0.1, -0.05) is 6.07 Å². The van der Waals surface area contributed by atoms with Gasteiger partial charge in [0, 0.05) is 0 Å². The summed E-state index contributed by atoms with van der Waals surface area (Å²) in [5.74, 6) is -2.13. The number of rotatable bonds is 4. The van der Waals surface area contributed by atoms with Crippen molar-refractivity contribution in [1.82, 2.24) is 0 Å². The molecular weight excluding hydrogens is 232 g/mol. The molecule has 18 heavy (non-hydrogen) atoms. The molecule has 0 saturated heterocycles. The van der Waals surface area contributed by atoms with Crippen molar-refractivity contribution in [3.8, 4) is 5.75 Å². The molecule has 0 fully saturated rings. The standard InChI is InChI=1S/C14H18O4/c1-7-6-8(2)11(13(18-5)9(7)3)12(15)10(4)14(16)17/h6,10H,1-5H3,(H,16,17). The smallest absolute Gasteiger partial charge is 0.314 e. The van der Waals surface area contributed by atoms with Crippen LogP contribution in [0, 0.1) is 26.7 Å². The van der Waals surface area contributed by atoms with Gasteiger partial charge in [-0.2, -0.15) is 0 Å². The van der Waals surface area contributed by atoms with E-state index in [1.807, 2.05) is 19.9 Å². The molecule has 4 nitrogen and oxygen atoms in total. The molecule has 0 aromatic heterocycles. The molecule has 1 aromatic carbocycles. The highest BCUT2D eigenvalue weighted by Crippen LogP contribution is 2.31. The van der Waals surface area contributed by atoms with E-state index in [2.05, 4.69) is 0 Å². The molecule has 0 amide bonds. The highest BCUT2D eigenvalue weighted by Gasteiger charge is 2.27. The zero-order valence-electron chi connectivity index (χ0n) is 11.3. The summed E-state index contributed by atoms with van der Waals surface area (Å²) in [6.45, 7) is 6.96. The van der Waals surface area contributed by atoms with Gasteiger partial charge in [0.2, 0.25) is 0 Å². The third kappa shape index (κ3) is 2.37. The molecule has 0 spiro atoms. The summed E-state index contributed by atoms with van der Waals surface area (Å²) in [6.07, 6.45) is 0. The maximum Gasteiger partial charge on any atom is 0.314 e. The van der Waals surface area contributed by atoms with Gasteiger partial charge in [0.05, 0.1) is 12.7 Å². The third-order valence-electron chi connectivity index (χ3n) is 3.20. The van der Waals surface area contributed by atoms with E-state index in [4.69, 9.17) is 9.84 Å². The SMILES string of the molecule is COc1c(C)c(C)cc(C)c1C(=O)C(C)C(=O)O. The summed E-state index contributed by atoms with van der Waals surface area (Å²) >= 11 is 0. The quantitative estimate of drug-likeness (QED) is 0.658. The molecule has 0 radical (unpaired) electrons. The molecule has 0 aliphatic rings. The van der Waals surface area contributed by atoms with E-state index >= 15 is 0 Å². The predicted octanol–water partition coefficient (Wildman–Crippen LogP) is 2.52. The lowest BCUT2D eigenvalue weighted by atomic mass is 9.91. The van der Waals surface area contributed by atoms with Crippen LogP contribution in [0.2, 0.25) is 0 Å². The lowest BCUT2D eigenvalue weighted by Crippen LogP contribution is -2.22. The molecule has 0 bridgehead atoms. The molecule has 1 rings (SSSR count). The van der Waals surface area contributed by atoms with Crippen LogP contribution < -0.4 is 4.74 Å². The summed E-state index contributed by atoms with van der Waals surface area (Å²) in [7, 11) is 1.49. The average Bonchev–Trinajstić information content (AvgIpc) is 2.31. The minimum absolute atomic E-state index is 0.371. The van der Waals surface area contributed by atoms with Crippen LogP contribution >= 0.6 is 0 Å². The van der Waals surface area contributed by atoms with Crippen molar-refractivity contribution in [2.24, 2.45) is 5.92 Å². The number of carboxylic acids is 1. The Hall–Kier alpha value is -1.84. The van der Waals surface area contributed by atoms with Gasteiger partial charge in [0.1, 0.15) is 11.7 Å². The van der Waals surface area contributed by atoms with Gasteiger partial charge < -0.3 is 9.84 Å². The van der Waals surface area contributed by atoms with Gasteiger partial charge in [0.25, 0.3) is 0 Å². The number of carbonyl (C=O) groups is 2. The summed E-state index contributed by atoms with van der Waals surface area (Å²) < 4.78 is 5.28. The second-order valence-electron chi connectivity index (χ2n) is 4.47. The van der Waals surface area contributed by atoms with E-state index in [1.54, 1.807) is 6.92 Å². The van der Waals surface area contributed by atoms with Crippen molar-refractivity contribution >= 4 is 11.8 Å². The van der Waals surface area contributed by atoms with Gasteiger partial charge in [-0.25, -0.2) is 0 Å². The van der Waals surface area contributed by atoms with Crippen LogP contribution in [0.4, 0.5) is 0 Å². The Kier molecular flexibility index (Phi) is 4.11. The van der Waals surface area contributed by atoms with Crippen LogP contribution in [0.15, 0.2) is 6.07 Å². The van der Waals surface area contributed by atoms with Crippen molar-refractivity contribution in [2.75, 3.05) is 7.11 Å². The number of ether oxygens (including phenoxy) is 1. The Morgan fingerprint density at radius 3 is 2.22 bits per heavy atom. The highest BCUT2D eigenvalue weighted by atomic mass is 16.5. The van der Waals surface area contributed by atoms with E-state index in [-0.39, 0.29) is 0 Å². The van der Waals surface area contributed by atoms with Crippen molar-refractivity contribution < 1.29 is 19.4 Å². The number of benzene rings is 1. The largest absolute Gasteiger partial charge is 0.496 e. The monoisotopic (exact) mass is 250 g/mol. The fourth-order valence-electron chi connectivity index (χ4n) is 1.94. The Morgan fingerprint density at radius 1 is 1.22 bits per heavy atom. The van der Waals surface area contributed by atoms with Crippen molar-refractivity contribution in [3.63, 3.8) is 0 Å². The van der Waals surface area contributed by atoms with Gasteiger partial charge in [0.15, 0.2) is 5.78 Å². The zero-order chi connectivity index (χ0) is 14.0. The molecule has 1 N–H and O–H groups in total. The summed E-state index contributed by atoms with van der Waals surface area (Å²) in [6, 6.07) is 1.87. The van der Waals surface area contributed by atoms with E-state index in [1.165, 1.54) is 14.0 Å². The van der Waals surface area contributed by atoms with Crippen LogP contribution in [0.5, 0.6) is 5.75 Å². The first kappa shape index (κ1) is 14.2. The van der Waals surface area contributed by atoms with Gasteiger partial charge >= 0.3 is 5.97 Å². The Balaban J connectivity index is 3.45. The number of carbonyl (C=O) groups excluding carboxylic acids is 1.